The Morgan fingerprint density at radius 3 is 2.56 bits per heavy atom. The fraction of sp³-hybridized carbons (Fsp3) is 0.600. The molecule has 0 aliphatic heterocycles. The zero-order valence-electron chi connectivity index (χ0n) is 9.62. The number of carboxylic acid groups (broad SMARTS) is 1. The first kappa shape index (κ1) is 13.2. The summed E-state index contributed by atoms with van der Waals surface area (Å²) in [6.45, 7) is 5.83. The second kappa shape index (κ2) is 4.55. The first-order chi connectivity index (χ1) is 7.25. The maximum absolute atomic E-state index is 10.8. The number of hydrogen-bond acceptors (Lipinski definition) is 3. The lowest BCUT2D eigenvalue weighted by atomic mass is 10.00. The van der Waals surface area contributed by atoms with Gasteiger partial charge in [-0.1, -0.05) is 0 Å². The Morgan fingerprint density at radius 2 is 2.19 bits per heavy atom. The third-order valence-electron chi connectivity index (χ3n) is 2.62. The van der Waals surface area contributed by atoms with Crippen molar-refractivity contribution in [3.8, 4) is 0 Å². The van der Waals surface area contributed by atoms with Crippen molar-refractivity contribution in [3.63, 3.8) is 0 Å². The molecule has 0 saturated carbocycles. The molecule has 0 amide bonds. The van der Waals surface area contributed by atoms with Crippen LogP contribution in [0.2, 0.25) is 0 Å². The van der Waals surface area contributed by atoms with Crippen LogP contribution in [0, 0.1) is 13.8 Å². The predicted molar refractivity (Wildman–Crippen MR) is 64.2 cm³/mol. The van der Waals surface area contributed by atoms with E-state index in [9.17, 15) is 4.79 Å². The van der Waals surface area contributed by atoms with Gasteiger partial charge in [0.2, 0.25) is 0 Å². The Bertz CT molecular complexity index is 412. The highest BCUT2D eigenvalue weighted by Crippen LogP contribution is 2.20. The molecule has 1 atom stereocenters. The van der Waals surface area contributed by atoms with Gasteiger partial charge in [0.25, 0.3) is 0 Å². The summed E-state index contributed by atoms with van der Waals surface area (Å²) in [5.41, 5.74) is 6.32. The Kier molecular flexibility index (Phi) is 3.75. The fourth-order valence-electron chi connectivity index (χ4n) is 1.34. The number of nitrogens with two attached hydrogens (primary N) is 1. The molecule has 0 spiro atoms. The third kappa shape index (κ3) is 2.62. The van der Waals surface area contributed by atoms with Crippen molar-refractivity contribution in [3.05, 3.63) is 15.9 Å². The molecule has 0 saturated heterocycles. The van der Waals surface area contributed by atoms with E-state index in [1.807, 2.05) is 13.8 Å². The van der Waals surface area contributed by atoms with Crippen LogP contribution in [0.3, 0.4) is 0 Å². The summed E-state index contributed by atoms with van der Waals surface area (Å²) in [6, 6.07) is 0. The molecule has 0 bridgehead atoms. The van der Waals surface area contributed by atoms with Crippen LogP contribution >= 0.6 is 15.9 Å². The van der Waals surface area contributed by atoms with Gasteiger partial charge in [0, 0.05) is 12.2 Å². The average molecular weight is 290 g/mol. The summed E-state index contributed by atoms with van der Waals surface area (Å²) in [6.07, 6.45) is 0.344. The van der Waals surface area contributed by atoms with E-state index >= 15 is 0 Å². The molecule has 90 valence electrons. The van der Waals surface area contributed by atoms with Crippen molar-refractivity contribution in [1.82, 2.24) is 9.78 Å². The first-order valence-corrected chi connectivity index (χ1v) is 5.77. The van der Waals surface area contributed by atoms with Crippen LogP contribution in [0.15, 0.2) is 4.47 Å². The molecule has 0 aliphatic rings. The van der Waals surface area contributed by atoms with Gasteiger partial charge in [-0.25, -0.2) is 0 Å². The van der Waals surface area contributed by atoms with Crippen molar-refractivity contribution in [1.29, 1.82) is 0 Å². The minimum Gasteiger partial charge on any atom is -0.480 e. The van der Waals surface area contributed by atoms with Crippen LogP contribution in [0.5, 0.6) is 0 Å². The number of aliphatic carboxylic acids is 1. The topological polar surface area (TPSA) is 81.1 Å². The Hall–Kier alpha value is -0.880. The summed E-state index contributed by atoms with van der Waals surface area (Å²) in [5, 5.41) is 13.2. The average Bonchev–Trinajstić information content (AvgIpc) is 2.43. The van der Waals surface area contributed by atoms with Crippen LogP contribution < -0.4 is 5.73 Å². The van der Waals surface area contributed by atoms with Gasteiger partial charge in [0.1, 0.15) is 5.54 Å². The zero-order valence-corrected chi connectivity index (χ0v) is 11.2. The van der Waals surface area contributed by atoms with Gasteiger partial charge in [-0.2, -0.15) is 5.10 Å². The van der Waals surface area contributed by atoms with E-state index in [1.165, 1.54) is 6.92 Å². The monoisotopic (exact) mass is 289 g/mol. The lowest BCUT2D eigenvalue weighted by Crippen LogP contribution is -2.45. The highest BCUT2D eigenvalue weighted by Gasteiger charge is 2.27. The van der Waals surface area contributed by atoms with Crippen LogP contribution in [0.25, 0.3) is 0 Å². The molecule has 1 aromatic rings. The Labute approximate surface area is 103 Å². The van der Waals surface area contributed by atoms with E-state index in [0.29, 0.717) is 13.0 Å². The molecular formula is C10H16BrN3O2. The van der Waals surface area contributed by atoms with Crippen LogP contribution in [0.1, 0.15) is 24.7 Å². The van der Waals surface area contributed by atoms with Crippen molar-refractivity contribution < 1.29 is 9.90 Å². The molecule has 1 aromatic heterocycles. The smallest absolute Gasteiger partial charge is 0.323 e. The summed E-state index contributed by atoms with van der Waals surface area (Å²) >= 11 is 3.42. The minimum atomic E-state index is -1.21. The molecule has 0 fully saturated rings. The molecule has 1 unspecified atom stereocenters. The summed E-state index contributed by atoms with van der Waals surface area (Å²) in [7, 11) is 0. The Balaban J connectivity index is 2.76. The standard InChI is InChI=1S/C10H16BrN3O2/c1-6-8(11)7(2)14(13-6)5-4-10(3,12)9(15)16/h4-5,12H2,1-3H3,(H,15,16). The van der Waals surface area contributed by atoms with Crippen LogP contribution in [-0.4, -0.2) is 26.4 Å². The van der Waals surface area contributed by atoms with Crippen LogP contribution in [-0.2, 0) is 11.3 Å². The largest absolute Gasteiger partial charge is 0.480 e. The van der Waals surface area contributed by atoms with Gasteiger partial charge in [-0.05, 0) is 43.1 Å². The van der Waals surface area contributed by atoms with Gasteiger partial charge in [0.15, 0.2) is 0 Å². The van der Waals surface area contributed by atoms with Crippen molar-refractivity contribution >= 4 is 21.9 Å². The van der Waals surface area contributed by atoms with Gasteiger partial charge in [-0.3, -0.25) is 9.48 Å². The van der Waals surface area contributed by atoms with E-state index in [4.69, 9.17) is 10.8 Å². The molecular weight excluding hydrogens is 274 g/mol. The number of halogens is 1. The predicted octanol–water partition coefficient (Wildman–Crippen LogP) is 1.45. The quantitative estimate of drug-likeness (QED) is 0.879. The molecule has 0 radical (unpaired) electrons. The lowest BCUT2D eigenvalue weighted by Gasteiger charge is -2.19. The normalized spacial score (nSPS) is 14.8. The number of aromatic nitrogens is 2. The second-order valence-electron chi connectivity index (χ2n) is 4.18. The number of carboxylic acids is 1. The number of aryl methyl sites for hydroxylation is 2. The number of nitrogens with zero attached hydrogens (tertiary/aromatic N) is 2. The molecule has 0 aliphatic carbocycles. The Morgan fingerprint density at radius 1 is 1.62 bits per heavy atom. The molecule has 16 heavy (non-hydrogen) atoms. The van der Waals surface area contributed by atoms with E-state index in [1.54, 1.807) is 4.68 Å². The van der Waals surface area contributed by atoms with Crippen molar-refractivity contribution in [2.24, 2.45) is 5.73 Å². The van der Waals surface area contributed by atoms with Gasteiger partial charge < -0.3 is 10.8 Å². The van der Waals surface area contributed by atoms with Gasteiger partial charge >= 0.3 is 5.97 Å². The molecule has 3 N–H and O–H groups in total. The van der Waals surface area contributed by atoms with E-state index in [2.05, 4.69) is 21.0 Å². The second-order valence-corrected chi connectivity index (χ2v) is 4.97. The maximum Gasteiger partial charge on any atom is 0.323 e. The van der Waals surface area contributed by atoms with E-state index < -0.39 is 11.5 Å². The van der Waals surface area contributed by atoms with E-state index in [0.717, 1.165) is 15.9 Å². The van der Waals surface area contributed by atoms with Crippen molar-refractivity contribution in [2.75, 3.05) is 0 Å². The SMILES string of the molecule is Cc1nn(CCC(C)(N)C(=O)O)c(C)c1Br. The molecule has 1 rings (SSSR count). The maximum atomic E-state index is 10.8. The van der Waals surface area contributed by atoms with E-state index in [-0.39, 0.29) is 0 Å². The third-order valence-corrected chi connectivity index (χ3v) is 3.77. The van der Waals surface area contributed by atoms with Gasteiger partial charge in [0.05, 0.1) is 10.2 Å². The summed E-state index contributed by atoms with van der Waals surface area (Å²) in [4.78, 5) is 10.8. The summed E-state index contributed by atoms with van der Waals surface area (Å²) < 4.78 is 2.73. The van der Waals surface area contributed by atoms with Crippen LogP contribution in [0.4, 0.5) is 0 Å². The fourth-order valence-corrected chi connectivity index (χ4v) is 1.62. The highest BCUT2D eigenvalue weighted by molar-refractivity contribution is 9.10. The number of carbonyl (C=O) groups is 1. The van der Waals surface area contributed by atoms with Crippen molar-refractivity contribution in [2.45, 2.75) is 39.3 Å². The first-order valence-electron chi connectivity index (χ1n) is 4.97. The lowest BCUT2D eigenvalue weighted by molar-refractivity contribution is -0.143. The molecule has 5 nitrogen and oxygen atoms in total. The molecule has 1 heterocycles. The summed E-state index contributed by atoms with van der Waals surface area (Å²) in [5.74, 6) is -0.993. The number of rotatable bonds is 4. The minimum absolute atomic E-state index is 0.344. The zero-order chi connectivity index (χ0) is 12.5. The highest BCUT2D eigenvalue weighted by atomic mass is 79.9. The number of hydrogen-bond donors (Lipinski definition) is 2. The van der Waals surface area contributed by atoms with Gasteiger partial charge in [-0.15, -0.1) is 0 Å². The molecule has 6 heteroatoms. The molecule has 0 aromatic carbocycles.